The largest absolute Gasteiger partial charge is 0.550 e. The number of carbonyl (C=O) groups excluding carboxylic acids is 2. The first kappa shape index (κ1) is 19.6. The number of carboxylic acid groups (broad SMARTS) is 1. The zero-order valence-electron chi connectivity index (χ0n) is 15.1. The summed E-state index contributed by atoms with van der Waals surface area (Å²) in [4.78, 5) is 22.2. The second kappa shape index (κ2) is 9.18. The fourth-order valence-electron chi connectivity index (χ4n) is 2.39. The minimum Gasteiger partial charge on any atom is -0.550 e. The lowest BCUT2D eigenvalue weighted by atomic mass is 10.2. The molecule has 1 aliphatic heterocycles. The normalized spacial score (nSPS) is 17.8. The Labute approximate surface area is 166 Å². The van der Waals surface area contributed by atoms with Crippen LogP contribution in [0.2, 0.25) is 0 Å². The molecular weight excluding hydrogens is 378 g/mol. The van der Waals surface area contributed by atoms with Crippen molar-refractivity contribution < 1.29 is 19.4 Å². The van der Waals surface area contributed by atoms with Crippen LogP contribution in [-0.2, 0) is 16.2 Å². The fourth-order valence-corrected chi connectivity index (χ4v) is 3.30. The van der Waals surface area contributed by atoms with Crippen molar-refractivity contribution in [3.63, 3.8) is 0 Å². The molecule has 3 rings (SSSR count). The maximum absolute atomic E-state index is 11.6. The number of amides is 1. The number of carbonyl (C=O) groups is 2. The number of hydrogen-bond acceptors (Lipinski definition) is 7. The Morgan fingerprint density at radius 1 is 1.21 bits per heavy atom. The van der Waals surface area contributed by atoms with E-state index < -0.39 is 17.1 Å². The molecule has 0 unspecified atom stereocenters. The summed E-state index contributed by atoms with van der Waals surface area (Å²) in [5.41, 5.74) is 3.12. The van der Waals surface area contributed by atoms with Gasteiger partial charge in [0, 0.05) is 12.4 Å². The van der Waals surface area contributed by atoms with Crippen LogP contribution in [-0.4, -0.2) is 28.5 Å². The third-order valence-electron chi connectivity index (χ3n) is 3.89. The number of rotatable bonds is 7. The molecule has 8 heteroatoms. The molecule has 7 nitrogen and oxygen atoms in total. The Bertz CT molecular complexity index is 908. The van der Waals surface area contributed by atoms with Gasteiger partial charge in [-0.15, -0.1) is 5.10 Å². The number of hydrogen-bond donors (Lipinski definition) is 1. The molecule has 1 aliphatic rings. The Kier molecular flexibility index (Phi) is 6.44. The van der Waals surface area contributed by atoms with E-state index in [9.17, 15) is 14.7 Å². The van der Waals surface area contributed by atoms with Gasteiger partial charge >= 0.3 is 0 Å². The number of aryl methyl sites for hydroxylation is 1. The molecule has 0 spiro atoms. The van der Waals surface area contributed by atoms with E-state index in [1.165, 1.54) is 11.8 Å². The summed E-state index contributed by atoms with van der Waals surface area (Å²) in [6.45, 7) is 2.53. The van der Waals surface area contributed by atoms with Crippen LogP contribution < -0.4 is 15.2 Å². The standard InChI is InChI=1S/C20H19N3O4S/c1-13-2-4-15(5-3-13)12-27-16-8-6-14(7-9-16)11-21-23-20-22-19(26)17(28-20)10-18(24)25/h2-9,11,17H,10,12H2,1H3,(H,24,25)(H,22,23,26)/p-1/b21-11-/t17-/m0/s1. The first-order chi connectivity index (χ1) is 13.5. The topological polar surface area (TPSA) is 103 Å². The molecule has 0 radical (unpaired) electrons. The fraction of sp³-hybridized carbons (Fsp3) is 0.200. The van der Waals surface area contributed by atoms with Crippen LogP contribution in [0, 0.1) is 6.92 Å². The summed E-state index contributed by atoms with van der Waals surface area (Å²) in [7, 11) is 0. The lowest BCUT2D eigenvalue weighted by Crippen LogP contribution is -2.31. The van der Waals surface area contributed by atoms with E-state index in [4.69, 9.17) is 4.74 Å². The zero-order chi connectivity index (χ0) is 19.9. The minimum absolute atomic E-state index is 0.269. The highest BCUT2D eigenvalue weighted by Crippen LogP contribution is 2.22. The van der Waals surface area contributed by atoms with Gasteiger partial charge < -0.3 is 20.0 Å². The van der Waals surface area contributed by atoms with Gasteiger partial charge in [-0.25, -0.2) is 0 Å². The van der Waals surface area contributed by atoms with E-state index in [-0.39, 0.29) is 11.6 Å². The molecule has 0 aromatic heterocycles. The van der Waals surface area contributed by atoms with Gasteiger partial charge in [0.15, 0.2) is 5.17 Å². The molecule has 0 saturated carbocycles. The van der Waals surface area contributed by atoms with Crippen molar-refractivity contribution in [1.82, 2.24) is 5.32 Å². The lowest BCUT2D eigenvalue weighted by molar-refractivity contribution is -0.305. The average Bonchev–Trinajstić information content (AvgIpc) is 3.01. The summed E-state index contributed by atoms with van der Waals surface area (Å²) in [6.07, 6.45) is 1.18. The molecule has 2 aromatic rings. The summed E-state index contributed by atoms with van der Waals surface area (Å²) < 4.78 is 5.75. The van der Waals surface area contributed by atoms with Crippen LogP contribution in [0.25, 0.3) is 0 Å². The van der Waals surface area contributed by atoms with Crippen molar-refractivity contribution in [2.45, 2.75) is 25.2 Å². The van der Waals surface area contributed by atoms with Crippen molar-refractivity contribution in [3.8, 4) is 5.75 Å². The number of amidine groups is 1. The second-order valence-electron chi connectivity index (χ2n) is 6.16. The summed E-state index contributed by atoms with van der Waals surface area (Å²) in [5, 5.41) is 20.4. The molecule has 1 saturated heterocycles. The number of nitrogens with one attached hydrogen (secondary N) is 1. The Morgan fingerprint density at radius 3 is 2.61 bits per heavy atom. The van der Waals surface area contributed by atoms with Crippen molar-refractivity contribution in [1.29, 1.82) is 0 Å². The molecule has 1 heterocycles. The van der Waals surface area contributed by atoms with Crippen LogP contribution in [0.3, 0.4) is 0 Å². The van der Waals surface area contributed by atoms with Gasteiger partial charge in [0.2, 0.25) is 5.91 Å². The van der Waals surface area contributed by atoms with E-state index in [1.54, 1.807) is 0 Å². The number of aliphatic carboxylic acids is 1. The van der Waals surface area contributed by atoms with E-state index in [1.807, 2.05) is 55.5 Å². The quantitative estimate of drug-likeness (QED) is 0.566. The predicted molar refractivity (Wildman–Crippen MR) is 106 cm³/mol. The smallest absolute Gasteiger partial charge is 0.239 e. The number of ether oxygens (including phenoxy) is 1. The molecule has 1 fully saturated rings. The molecule has 2 aromatic carbocycles. The number of nitrogens with zero attached hydrogens (tertiary/aromatic N) is 2. The first-order valence-electron chi connectivity index (χ1n) is 8.56. The van der Waals surface area contributed by atoms with E-state index in [0.717, 1.165) is 28.6 Å². The molecule has 144 valence electrons. The van der Waals surface area contributed by atoms with Gasteiger partial charge in [-0.05, 0) is 42.3 Å². The lowest BCUT2D eigenvalue weighted by Gasteiger charge is -2.06. The van der Waals surface area contributed by atoms with Crippen molar-refractivity contribution >= 4 is 35.0 Å². The predicted octanol–water partition coefficient (Wildman–Crippen LogP) is 1.64. The number of benzene rings is 2. The molecule has 28 heavy (non-hydrogen) atoms. The molecular formula is C20H18N3O4S-. The highest BCUT2D eigenvalue weighted by Gasteiger charge is 2.30. The zero-order valence-corrected chi connectivity index (χ0v) is 15.9. The Balaban J connectivity index is 1.52. The van der Waals surface area contributed by atoms with Gasteiger partial charge in [0.25, 0.3) is 0 Å². The van der Waals surface area contributed by atoms with Crippen LogP contribution >= 0.6 is 11.8 Å². The van der Waals surface area contributed by atoms with Gasteiger partial charge in [-0.3, -0.25) is 4.79 Å². The Hall–Kier alpha value is -3.13. The van der Waals surface area contributed by atoms with Gasteiger partial charge in [0.05, 0.1) is 11.5 Å². The van der Waals surface area contributed by atoms with E-state index in [2.05, 4.69) is 15.5 Å². The SMILES string of the molecule is Cc1ccc(COc2ccc(/C=N\N=C3\NC(=O)[C@H](CC(=O)[O-])S3)cc2)cc1. The highest BCUT2D eigenvalue weighted by atomic mass is 32.2. The summed E-state index contributed by atoms with van der Waals surface area (Å²) in [6, 6.07) is 15.5. The molecule has 1 amide bonds. The van der Waals surface area contributed by atoms with E-state index in [0.29, 0.717) is 6.61 Å². The Morgan fingerprint density at radius 2 is 1.93 bits per heavy atom. The molecule has 0 aliphatic carbocycles. The number of carboxylic acids is 1. The van der Waals surface area contributed by atoms with Crippen LogP contribution in [0.4, 0.5) is 0 Å². The number of thioether (sulfide) groups is 1. The summed E-state index contributed by atoms with van der Waals surface area (Å²) in [5.74, 6) is -0.937. The van der Waals surface area contributed by atoms with Gasteiger partial charge in [-0.2, -0.15) is 5.10 Å². The van der Waals surface area contributed by atoms with Crippen molar-refractivity contribution in [2.75, 3.05) is 0 Å². The molecule has 1 N–H and O–H groups in total. The molecule has 0 bridgehead atoms. The monoisotopic (exact) mass is 396 g/mol. The van der Waals surface area contributed by atoms with Crippen LogP contribution in [0.1, 0.15) is 23.1 Å². The third kappa shape index (κ3) is 5.68. The highest BCUT2D eigenvalue weighted by molar-refractivity contribution is 8.15. The maximum atomic E-state index is 11.6. The van der Waals surface area contributed by atoms with E-state index >= 15 is 0 Å². The minimum atomic E-state index is -1.28. The third-order valence-corrected chi connectivity index (χ3v) is 4.96. The second-order valence-corrected chi connectivity index (χ2v) is 7.36. The maximum Gasteiger partial charge on any atom is 0.239 e. The van der Waals surface area contributed by atoms with Crippen LogP contribution in [0.5, 0.6) is 5.75 Å². The van der Waals surface area contributed by atoms with Gasteiger partial charge in [-0.1, -0.05) is 41.6 Å². The first-order valence-corrected chi connectivity index (χ1v) is 9.44. The molecule has 1 atom stereocenters. The van der Waals surface area contributed by atoms with Crippen molar-refractivity contribution in [3.05, 3.63) is 65.2 Å². The average molecular weight is 396 g/mol. The summed E-state index contributed by atoms with van der Waals surface area (Å²) >= 11 is 1.02. The van der Waals surface area contributed by atoms with Crippen LogP contribution in [0.15, 0.2) is 58.7 Å². The van der Waals surface area contributed by atoms with Crippen molar-refractivity contribution in [2.24, 2.45) is 10.2 Å². The van der Waals surface area contributed by atoms with Gasteiger partial charge in [0.1, 0.15) is 12.4 Å².